The highest BCUT2D eigenvalue weighted by Crippen LogP contribution is 2.18. The molecule has 6 nitrogen and oxygen atoms in total. The van der Waals surface area contributed by atoms with Gasteiger partial charge in [-0.25, -0.2) is 18.2 Å². The van der Waals surface area contributed by atoms with Gasteiger partial charge in [0.1, 0.15) is 0 Å². The lowest BCUT2D eigenvalue weighted by atomic mass is 10.1. The van der Waals surface area contributed by atoms with Crippen LogP contribution in [0.5, 0.6) is 0 Å². The molecule has 0 saturated carbocycles. The van der Waals surface area contributed by atoms with Crippen LogP contribution in [0.1, 0.15) is 21.7 Å². The van der Waals surface area contributed by atoms with E-state index < -0.39 is 15.8 Å². The maximum absolute atomic E-state index is 11.6. The minimum absolute atomic E-state index is 0.225. The molecule has 0 atom stereocenters. The second-order valence-corrected chi connectivity index (χ2v) is 6.40. The van der Waals surface area contributed by atoms with Crippen molar-refractivity contribution in [2.75, 3.05) is 6.26 Å². The van der Waals surface area contributed by atoms with Gasteiger partial charge in [0.2, 0.25) is 15.0 Å². The molecule has 0 bridgehead atoms. The molecule has 0 amide bonds. The first-order chi connectivity index (χ1) is 9.30. The molecule has 2 rings (SSSR count). The summed E-state index contributed by atoms with van der Waals surface area (Å²) in [5.74, 6) is -1.23. The number of sulfone groups is 1. The lowest BCUT2D eigenvalue weighted by Crippen LogP contribution is -2.08. The van der Waals surface area contributed by atoms with Crippen molar-refractivity contribution in [3.63, 3.8) is 0 Å². The summed E-state index contributed by atoms with van der Waals surface area (Å²) in [7, 11) is -2.06. The van der Waals surface area contributed by atoms with Gasteiger partial charge in [0.15, 0.2) is 5.69 Å². The number of carbonyl (C=O) groups is 1. The van der Waals surface area contributed by atoms with E-state index in [-0.39, 0.29) is 10.9 Å². The number of carboxylic acids is 1. The molecule has 0 fully saturated rings. The van der Waals surface area contributed by atoms with Crippen LogP contribution in [-0.4, -0.2) is 35.3 Å². The maximum atomic E-state index is 11.6. The van der Waals surface area contributed by atoms with Crippen LogP contribution in [-0.2, 0) is 23.3 Å². The van der Waals surface area contributed by atoms with Crippen LogP contribution in [0, 0.1) is 0 Å². The summed E-state index contributed by atoms with van der Waals surface area (Å²) in [5, 5.41) is 8.94. The molecule has 1 N–H and O–H groups in total. The lowest BCUT2D eigenvalue weighted by Gasteiger charge is -2.05. The molecule has 0 spiro atoms. The normalized spacial score (nSPS) is 11.5. The Labute approximate surface area is 116 Å². The topological polar surface area (TPSA) is 89.3 Å². The summed E-state index contributed by atoms with van der Waals surface area (Å²) >= 11 is 0. The molecule has 106 valence electrons. The molecule has 0 unspecified atom stereocenters. The molecular formula is C13H14N2O4S. The lowest BCUT2D eigenvalue weighted by molar-refractivity contribution is 0.0689. The van der Waals surface area contributed by atoms with E-state index in [1.807, 2.05) is 30.3 Å². The van der Waals surface area contributed by atoms with Gasteiger partial charge in [-0.05, 0) is 5.56 Å². The molecule has 20 heavy (non-hydrogen) atoms. The van der Waals surface area contributed by atoms with E-state index in [1.165, 1.54) is 11.6 Å². The van der Waals surface area contributed by atoms with Crippen LogP contribution in [0.25, 0.3) is 0 Å². The Morgan fingerprint density at radius 2 is 1.90 bits per heavy atom. The molecule has 7 heteroatoms. The van der Waals surface area contributed by atoms with E-state index in [9.17, 15) is 18.3 Å². The molecule has 1 heterocycles. The Balaban J connectivity index is 2.57. The third kappa shape index (κ3) is 2.72. The fourth-order valence-corrected chi connectivity index (χ4v) is 2.87. The number of imidazole rings is 1. The Morgan fingerprint density at radius 1 is 1.30 bits per heavy atom. The summed E-state index contributed by atoms with van der Waals surface area (Å²) in [6.07, 6.45) is 1.31. The number of rotatable bonds is 4. The molecule has 0 aliphatic heterocycles. The first-order valence-electron chi connectivity index (χ1n) is 5.83. The van der Waals surface area contributed by atoms with Crippen LogP contribution in [0.2, 0.25) is 0 Å². The quantitative estimate of drug-likeness (QED) is 0.912. The summed E-state index contributed by atoms with van der Waals surface area (Å²) in [5.41, 5.74) is 1.03. The van der Waals surface area contributed by atoms with Gasteiger partial charge >= 0.3 is 5.97 Å². The van der Waals surface area contributed by atoms with Crippen molar-refractivity contribution in [3.05, 3.63) is 47.3 Å². The monoisotopic (exact) mass is 294 g/mol. The number of aromatic nitrogens is 2. The van der Waals surface area contributed by atoms with Gasteiger partial charge in [0.05, 0.1) is 5.69 Å². The fourth-order valence-electron chi connectivity index (χ4n) is 2.00. The van der Waals surface area contributed by atoms with Crippen molar-refractivity contribution in [3.8, 4) is 0 Å². The van der Waals surface area contributed by atoms with Gasteiger partial charge in [-0.1, -0.05) is 30.3 Å². The Kier molecular flexibility index (Phi) is 3.63. The number of aromatic carboxylic acids is 1. The van der Waals surface area contributed by atoms with E-state index >= 15 is 0 Å². The van der Waals surface area contributed by atoms with Crippen LogP contribution in [0.4, 0.5) is 0 Å². The Morgan fingerprint density at radius 3 is 2.40 bits per heavy atom. The summed E-state index contributed by atoms with van der Waals surface area (Å²) in [6.45, 7) is 0. The van der Waals surface area contributed by atoms with E-state index in [2.05, 4.69) is 4.98 Å². The minimum atomic E-state index is -3.57. The number of hydrogen-bond donors (Lipinski definition) is 1. The standard InChI is InChI=1S/C13H14N2O4S/c1-15-10(8-9-6-4-3-5-7-9)11(12(16)17)14-13(15)20(2,18)19/h3-7H,8H2,1-2H3,(H,16,17). The second kappa shape index (κ2) is 5.09. The molecule has 2 aromatic rings. The molecule has 1 aromatic heterocycles. The third-order valence-electron chi connectivity index (χ3n) is 2.92. The van der Waals surface area contributed by atoms with E-state index in [4.69, 9.17) is 0 Å². The zero-order chi connectivity index (χ0) is 14.9. The zero-order valence-electron chi connectivity index (χ0n) is 11.1. The van der Waals surface area contributed by atoms with Crippen LogP contribution >= 0.6 is 0 Å². The molecule has 0 saturated heterocycles. The van der Waals surface area contributed by atoms with Crippen LogP contribution in [0.15, 0.2) is 35.5 Å². The Hall–Kier alpha value is -2.15. The van der Waals surface area contributed by atoms with Crippen molar-refractivity contribution in [2.24, 2.45) is 7.05 Å². The summed E-state index contributed by atoms with van der Waals surface area (Å²) in [4.78, 5) is 15.0. The molecular weight excluding hydrogens is 280 g/mol. The van der Waals surface area contributed by atoms with Gasteiger partial charge in [0, 0.05) is 19.7 Å². The molecule has 1 aromatic carbocycles. The van der Waals surface area contributed by atoms with E-state index in [0.29, 0.717) is 12.1 Å². The predicted molar refractivity (Wildman–Crippen MR) is 72.5 cm³/mol. The molecule has 0 radical (unpaired) electrons. The minimum Gasteiger partial charge on any atom is -0.476 e. The number of hydrogen-bond acceptors (Lipinski definition) is 4. The number of benzene rings is 1. The Bertz CT molecular complexity index is 748. The van der Waals surface area contributed by atoms with Gasteiger partial charge in [-0.2, -0.15) is 0 Å². The van der Waals surface area contributed by atoms with Crippen LogP contribution < -0.4 is 0 Å². The third-order valence-corrected chi connectivity index (χ3v) is 3.95. The predicted octanol–water partition coefficient (Wildman–Crippen LogP) is 1.11. The van der Waals surface area contributed by atoms with Crippen LogP contribution in [0.3, 0.4) is 0 Å². The van der Waals surface area contributed by atoms with Crippen molar-refractivity contribution in [2.45, 2.75) is 11.6 Å². The zero-order valence-corrected chi connectivity index (χ0v) is 11.9. The van der Waals surface area contributed by atoms with Crippen molar-refractivity contribution in [1.29, 1.82) is 0 Å². The first kappa shape index (κ1) is 14.3. The second-order valence-electron chi connectivity index (χ2n) is 4.49. The van der Waals surface area contributed by atoms with Gasteiger partial charge in [-0.15, -0.1) is 0 Å². The summed E-state index contributed by atoms with van der Waals surface area (Å²) < 4.78 is 24.6. The highest BCUT2D eigenvalue weighted by atomic mass is 32.2. The average molecular weight is 294 g/mol. The first-order valence-corrected chi connectivity index (χ1v) is 7.72. The maximum Gasteiger partial charge on any atom is 0.356 e. The summed E-state index contributed by atoms with van der Waals surface area (Å²) in [6, 6.07) is 9.22. The van der Waals surface area contributed by atoms with Crippen molar-refractivity contribution >= 4 is 15.8 Å². The van der Waals surface area contributed by atoms with Gasteiger partial charge < -0.3 is 9.67 Å². The highest BCUT2D eigenvalue weighted by Gasteiger charge is 2.25. The van der Waals surface area contributed by atoms with E-state index in [0.717, 1.165) is 11.8 Å². The SMILES string of the molecule is Cn1c(S(C)(=O)=O)nc(C(=O)O)c1Cc1ccccc1. The molecule has 0 aliphatic carbocycles. The average Bonchev–Trinajstić information content (AvgIpc) is 2.68. The fraction of sp³-hybridized carbons (Fsp3) is 0.231. The van der Waals surface area contributed by atoms with E-state index in [1.54, 1.807) is 0 Å². The number of nitrogens with zero attached hydrogens (tertiary/aromatic N) is 2. The smallest absolute Gasteiger partial charge is 0.356 e. The van der Waals surface area contributed by atoms with Crippen molar-refractivity contribution in [1.82, 2.24) is 9.55 Å². The van der Waals surface area contributed by atoms with Gasteiger partial charge in [-0.3, -0.25) is 0 Å². The number of carboxylic acid groups (broad SMARTS) is 1. The van der Waals surface area contributed by atoms with Gasteiger partial charge in [0.25, 0.3) is 0 Å². The van der Waals surface area contributed by atoms with Crippen molar-refractivity contribution < 1.29 is 18.3 Å². The largest absolute Gasteiger partial charge is 0.476 e. The highest BCUT2D eigenvalue weighted by molar-refractivity contribution is 7.90. The molecule has 0 aliphatic rings.